The standard InChI is InChI=1S/C37H30N4O4S2/c38-21-31-28-18-19-41(22-24-10-3-1-4-11-24)23-32(28)47-36(31)40-35(43)33(25-12-5-2-6-13-25)46-27-15-9-14-26(20-27)39-34(42)29-16-7-8-17-30(29)37(44)45/h1-17,20,33H,18-19,22-23H2,(H,39,42)(H,40,43)(H,44,45). The van der Waals surface area contributed by atoms with Gasteiger partial charge >= 0.3 is 5.97 Å². The lowest BCUT2D eigenvalue weighted by Crippen LogP contribution is -2.29. The molecule has 47 heavy (non-hydrogen) atoms. The maximum atomic E-state index is 14.0. The Hall–Kier alpha value is -5.21. The number of hydrogen-bond acceptors (Lipinski definition) is 7. The molecule has 2 heterocycles. The molecule has 0 aliphatic carbocycles. The number of carbonyl (C=O) groups excluding carboxylic acids is 2. The molecular weight excluding hydrogens is 629 g/mol. The number of benzene rings is 4. The van der Waals surface area contributed by atoms with Crippen molar-refractivity contribution in [2.45, 2.75) is 29.7 Å². The fourth-order valence-corrected chi connectivity index (χ4v) is 7.89. The maximum Gasteiger partial charge on any atom is 0.336 e. The number of thioether (sulfide) groups is 1. The lowest BCUT2D eigenvalue weighted by atomic mass is 10.0. The summed E-state index contributed by atoms with van der Waals surface area (Å²) >= 11 is 2.78. The second-order valence-electron chi connectivity index (χ2n) is 11.0. The third-order valence-electron chi connectivity index (χ3n) is 7.82. The van der Waals surface area contributed by atoms with Crippen LogP contribution in [-0.4, -0.2) is 34.3 Å². The molecule has 10 heteroatoms. The van der Waals surface area contributed by atoms with Gasteiger partial charge in [-0.1, -0.05) is 78.9 Å². The number of nitrogens with zero attached hydrogens (tertiary/aromatic N) is 2. The van der Waals surface area contributed by atoms with E-state index in [2.05, 4.69) is 33.7 Å². The molecule has 3 N–H and O–H groups in total. The van der Waals surface area contributed by atoms with E-state index in [9.17, 15) is 24.8 Å². The zero-order valence-corrected chi connectivity index (χ0v) is 26.8. The van der Waals surface area contributed by atoms with E-state index in [1.165, 1.54) is 40.8 Å². The number of nitriles is 1. The highest BCUT2D eigenvalue weighted by molar-refractivity contribution is 8.00. The van der Waals surface area contributed by atoms with Crippen molar-refractivity contribution in [3.63, 3.8) is 0 Å². The number of carbonyl (C=O) groups is 3. The van der Waals surface area contributed by atoms with Gasteiger partial charge < -0.3 is 15.7 Å². The van der Waals surface area contributed by atoms with Gasteiger partial charge in [0.25, 0.3) is 5.91 Å². The van der Waals surface area contributed by atoms with Crippen LogP contribution < -0.4 is 10.6 Å². The number of carboxylic acids is 1. The van der Waals surface area contributed by atoms with Crippen molar-refractivity contribution in [1.29, 1.82) is 5.26 Å². The van der Waals surface area contributed by atoms with Gasteiger partial charge in [-0.3, -0.25) is 14.5 Å². The second-order valence-corrected chi connectivity index (χ2v) is 13.3. The minimum Gasteiger partial charge on any atom is -0.478 e. The van der Waals surface area contributed by atoms with Crippen LogP contribution in [0.15, 0.2) is 114 Å². The summed E-state index contributed by atoms with van der Waals surface area (Å²) in [6.07, 6.45) is 0.740. The Kier molecular flexibility index (Phi) is 9.78. The Balaban J connectivity index is 1.21. The highest BCUT2D eigenvalue weighted by Gasteiger charge is 2.28. The average Bonchev–Trinajstić information content (AvgIpc) is 3.44. The molecule has 1 aliphatic heterocycles. The van der Waals surface area contributed by atoms with Gasteiger partial charge in [0.15, 0.2) is 0 Å². The first kappa shape index (κ1) is 31.8. The Morgan fingerprint density at radius 3 is 2.32 bits per heavy atom. The largest absolute Gasteiger partial charge is 0.478 e. The summed E-state index contributed by atoms with van der Waals surface area (Å²) in [5, 5.41) is 25.4. The molecule has 0 saturated carbocycles. The summed E-state index contributed by atoms with van der Waals surface area (Å²) in [6, 6.07) is 35.1. The smallest absolute Gasteiger partial charge is 0.336 e. The van der Waals surface area contributed by atoms with Gasteiger partial charge in [-0.15, -0.1) is 23.1 Å². The molecule has 0 bridgehead atoms. The van der Waals surface area contributed by atoms with Gasteiger partial charge in [0.1, 0.15) is 16.3 Å². The van der Waals surface area contributed by atoms with E-state index >= 15 is 0 Å². The highest BCUT2D eigenvalue weighted by Crippen LogP contribution is 2.41. The van der Waals surface area contributed by atoms with Crippen molar-refractivity contribution in [2.24, 2.45) is 0 Å². The van der Waals surface area contributed by atoms with E-state index in [1.54, 1.807) is 30.3 Å². The number of carboxylic acid groups (broad SMARTS) is 1. The highest BCUT2D eigenvalue weighted by atomic mass is 32.2. The number of nitrogens with one attached hydrogen (secondary N) is 2. The Morgan fingerprint density at radius 2 is 1.60 bits per heavy atom. The van der Waals surface area contributed by atoms with Crippen molar-refractivity contribution in [2.75, 3.05) is 17.2 Å². The molecular formula is C37H30N4O4S2. The monoisotopic (exact) mass is 658 g/mol. The summed E-state index contributed by atoms with van der Waals surface area (Å²) in [6.45, 7) is 2.36. The fourth-order valence-electron chi connectivity index (χ4n) is 5.57. The van der Waals surface area contributed by atoms with Crippen LogP contribution in [0.5, 0.6) is 0 Å². The van der Waals surface area contributed by atoms with Gasteiger partial charge in [-0.25, -0.2) is 4.79 Å². The van der Waals surface area contributed by atoms with Gasteiger partial charge in [0, 0.05) is 35.1 Å². The molecule has 0 radical (unpaired) electrons. The van der Waals surface area contributed by atoms with Crippen LogP contribution in [-0.2, 0) is 24.3 Å². The molecule has 2 amide bonds. The fraction of sp³-hybridized carbons (Fsp3) is 0.135. The molecule has 4 aromatic carbocycles. The van der Waals surface area contributed by atoms with Crippen LogP contribution >= 0.6 is 23.1 Å². The zero-order valence-electron chi connectivity index (χ0n) is 25.2. The van der Waals surface area contributed by atoms with E-state index in [0.29, 0.717) is 22.8 Å². The molecule has 1 aromatic heterocycles. The minimum absolute atomic E-state index is 0.0507. The molecule has 0 saturated heterocycles. The number of amides is 2. The lowest BCUT2D eigenvalue weighted by molar-refractivity contribution is -0.115. The van der Waals surface area contributed by atoms with Crippen LogP contribution in [0.2, 0.25) is 0 Å². The molecule has 5 aromatic rings. The molecule has 6 rings (SSSR count). The average molecular weight is 659 g/mol. The normalized spacial score (nSPS) is 13.2. The predicted molar refractivity (Wildman–Crippen MR) is 185 cm³/mol. The van der Waals surface area contributed by atoms with Gasteiger partial charge in [0.2, 0.25) is 5.91 Å². The summed E-state index contributed by atoms with van der Waals surface area (Å²) in [5.41, 5.74) is 3.98. The maximum absolute atomic E-state index is 14.0. The first-order valence-electron chi connectivity index (χ1n) is 15.0. The van der Waals surface area contributed by atoms with Crippen LogP contribution in [0.3, 0.4) is 0 Å². The summed E-state index contributed by atoms with van der Waals surface area (Å²) in [5.74, 6) is -2.00. The number of hydrogen-bond donors (Lipinski definition) is 3. The first-order chi connectivity index (χ1) is 22.9. The van der Waals surface area contributed by atoms with Crippen LogP contribution in [0.4, 0.5) is 10.7 Å². The van der Waals surface area contributed by atoms with Crippen LogP contribution in [0.25, 0.3) is 0 Å². The number of rotatable bonds is 10. The van der Waals surface area contributed by atoms with E-state index < -0.39 is 17.1 Å². The van der Waals surface area contributed by atoms with Crippen molar-refractivity contribution in [3.05, 3.63) is 147 Å². The number of fused-ring (bicyclic) bond motifs is 1. The Bertz CT molecular complexity index is 1970. The molecule has 1 unspecified atom stereocenters. The van der Waals surface area contributed by atoms with E-state index in [0.717, 1.165) is 40.4 Å². The van der Waals surface area contributed by atoms with Crippen molar-refractivity contribution >= 4 is 51.6 Å². The van der Waals surface area contributed by atoms with Crippen molar-refractivity contribution in [3.8, 4) is 6.07 Å². The minimum atomic E-state index is -1.19. The zero-order chi connectivity index (χ0) is 32.8. The summed E-state index contributed by atoms with van der Waals surface area (Å²) < 4.78 is 0. The molecule has 0 fully saturated rings. The topological polar surface area (TPSA) is 123 Å². The summed E-state index contributed by atoms with van der Waals surface area (Å²) in [7, 11) is 0. The lowest BCUT2D eigenvalue weighted by Gasteiger charge is -2.26. The number of anilines is 2. The van der Waals surface area contributed by atoms with Crippen molar-refractivity contribution in [1.82, 2.24) is 4.90 Å². The molecule has 234 valence electrons. The Labute approximate surface area is 280 Å². The quantitative estimate of drug-likeness (QED) is 0.132. The van der Waals surface area contributed by atoms with E-state index in [-0.39, 0.29) is 17.0 Å². The Morgan fingerprint density at radius 1 is 0.894 bits per heavy atom. The number of thiophene rings is 1. The van der Waals surface area contributed by atoms with E-state index in [1.807, 2.05) is 54.6 Å². The van der Waals surface area contributed by atoms with Crippen molar-refractivity contribution < 1.29 is 19.5 Å². The van der Waals surface area contributed by atoms with Crippen LogP contribution in [0.1, 0.15) is 53.1 Å². The SMILES string of the molecule is N#Cc1c(NC(=O)C(Sc2cccc(NC(=O)c3ccccc3C(=O)O)c2)c2ccccc2)sc2c1CCN(Cc1ccccc1)C2. The molecule has 1 atom stereocenters. The van der Waals surface area contributed by atoms with Gasteiger partial charge in [-0.2, -0.15) is 5.26 Å². The van der Waals surface area contributed by atoms with Gasteiger partial charge in [-0.05, 0) is 53.4 Å². The van der Waals surface area contributed by atoms with Crippen LogP contribution in [0, 0.1) is 11.3 Å². The number of aromatic carboxylic acids is 1. The molecule has 1 aliphatic rings. The summed E-state index contributed by atoms with van der Waals surface area (Å²) in [4.78, 5) is 42.8. The predicted octanol–water partition coefficient (Wildman–Crippen LogP) is 7.60. The first-order valence-corrected chi connectivity index (χ1v) is 16.7. The molecule has 0 spiro atoms. The third-order valence-corrected chi connectivity index (χ3v) is 10.2. The molecule has 8 nitrogen and oxygen atoms in total. The van der Waals surface area contributed by atoms with E-state index in [4.69, 9.17) is 0 Å². The van der Waals surface area contributed by atoms with Gasteiger partial charge in [0.05, 0.1) is 16.7 Å². The second kappa shape index (κ2) is 14.5. The third kappa shape index (κ3) is 7.45.